The fourth-order valence-corrected chi connectivity index (χ4v) is 5.49. The van der Waals surface area contributed by atoms with Crippen molar-refractivity contribution in [1.29, 1.82) is 0 Å². The molecule has 0 radical (unpaired) electrons. The molecule has 2 aliphatic rings. The first-order chi connectivity index (χ1) is 22.7. The standard InChI is InChI=1S/C33H31F2N5O7/c1-44-27-7-6-20-14-28(27)45-18-29(41)37-25-17-40(11-10-26(25)46-22-13-19(12-21(34)15-22)16-36-33(20)43)31(42)9-8-30-38-32(39-47-30)23-4-2-3-5-24(23)35/h2-7,12-15,25-26H,8-11,16-18H2,1H3,(H,36,43)(H,37,41)/t25-,26+/m1/s1. The summed E-state index contributed by atoms with van der Waals surface area (Å²) in [6.07, 6.45) is -0.125. The van der Waals surface area contributed by atoms with E-state index in [1.807, 2.05) is 0 Å². The Morgan fingerprint density at radius 3 is 2.79 bits per heavy atom. The molecule has 47 heavy (non-hydrogen) atoms. The Bertz CT molecular complexity index is 1800. The van der Waals surface area contributed by atoms with Gasteiger partial charge in [0.1, 0.15) is 23.5 Å². The summed E-state index contributed by atoms with van der Waals surface area (Å²) in [5.74, 6) is -1.21. The second kappa shape index (κ2) is 13.8. The van der Waals surface area contributed by atoms with Crippen molar-refractivity contribution in [1.82, 2.24) is 25.7 Å². The van der Waals surface area contributed by atoms with Crippen molar-refractivity contribution in [3.63, 3.8) is 0 Å². The van der Waals surface area contributed by atoms with Crippen molar-refractivity contribution in [2.75, 3.05) is 26.8 Å². The van der Waals surface area contributed by atoms with Gasteiger partial charge in [-0.3, -0.25) is 14.4 Å². The highest BCUT2D eigenvalue weighted by molar-refractivity contribution is 5.95. The van der Waals surface area contributed by atoms with Crippen LogP contribution in [0.3, 0.4) is 0 Å². The van der Waals surface area contributed by atoms with Crippen molar-refractivity contribution in [3.05, 3.63) is 89.3 Å². The Hall–Kier alpha value is -5.53. The van der Waals surface area contributed by atoms with Gasteiger partial charge < -0.3 is 34.3 Å². The molecule has 2 N–H and O–H groups in total. The fraction of sp³-hybridized carbons (Fsp3) is 0.303. The summed E-state index contributed by atoms with van der Waals surface area (Å²) in [6.45, 7) is 0.0316. The van der Waals surface area contributed by atoms with Crippen LogP contribution in [0.4, 0.5) is 8.78 Å². The SMILES string of the molecule is COc1ccc2cc1OCC(=O)N[C@@H]1CN(C(=O)CCc3nc(-c4ccccc4F)no3)CC[C@@H]1Oc1cc(F)cc(c1)CNC2=O. The third-order valence-corrected chi connectivity index (χ3v) is 7.84. The van der Waals surface area contributed by atoms with Crippen LogP contribution in [-0.2, 0) is 22.6 Å². The predicted molar refractivity (Wildman–Crippen MR) is 162 cm³/mol. The maximum atomic E-state index is 14.6. The van der Waals surface area contributed by atoms with Crippen LogP contribution in [0.2, 0.25) is 0 Å². The summed E-state index contributed by atoms with van der Waals surface area (Å²) in [6, 6.07) is 14.1. The number of likely N-dealkylation sites (tertiary alicyclic amines) is 1. The average Bonchev–Trinajstić information content (AvgIpc) is 3.54. The van der Waals surface area contributed by atoms with Gasteiger partial charge in [-0.15, -0.1) is 0 Å². The van der Waals surface area contributed by atoms with E-state index in [4.69, 9.17) is 18.7 Å². The number of benzene rings is 3. The van der Waals surface area contributed by atoms with Crippen LogP contribution in [0.25, 0.3) is 11.4 Å². The van der Waals surface area contributed by atoms with Crippen molar-refractivity contribution in [2.24, 2.45) is 0 Å². The van der Waals surface area contributed by atoms with Crippen LogP contribution >= 0.6 is 0 Å². The molecule has 0 saturated carbocycles. The molecule has 14 heteroatoms. The number of aromatic nitrogens is 2. The third-order valence-electron chi connectivity index (χ3n) is 7.84. The van der Waals surface area contributed by atoms with Gasteiger partial charge in [0, 0.05) is 50.5 Å². The van der Waals surface area contributed by atoms with Crippen LogP contribution in [0.1, 0.15) is 34.7 Å². The van der Waals surface area contributed by atoms with Gasteiger partial charge in [0.05, 0.1) is 18.7 Å². The summed E-state index contributed by atoms with van der Waals surface area (Å²) in [5, 5.41) is 9.47. The highest BCUT2D eigenvalue weighted by Gasteiger charge is 2.34. The van der Waals surface area contributed by atoms with Crippen molar-refractivity contribution >= 4 is 17.7 Å². The summed E-state index contributed by atoms with van der Waals surface area (Å²) < 4.78 is 51.2. The molecule has 2 atom stereocenters. The number of ether oxygens (including phenoxy) is 3. The topological polar surface area (TPSA) is 145 Å². The molecule has 0 spiro atoms. The van der Waals surface area contributed by atoms with E-state index < -0.39 is 42.2 Å². The number of carbonyl (C=O) groups is 3. The summed E-state index contributed by atoms with van der Waals surface area (Å²) in [4.78, 5) is 45.0. The number of halogens is 2. The number of rotatable bonds is 5. The number of hydrogen-bond donors (Lipinski definition) is 2. The molecule has 3 amide bonds. The van der Waals surface area contributed by atoms with Crippen molar-refractivity contribution in [3.8, 4) is 28.6 Å². The van der Waals surface area contributed by atoms with E-state index in [0.29, 0.717) is 24.3 Å². The lowest BCUT2D eigenvalue weighted by molar-refractivity contribution is -0.135. The summed E-state index contributed by atoms with van der Waals surface area (Å²) in [5.41, 5.74) is 0.918. The number of piperidine rings is 1. The smallest absolute Gasteiger partial charge is 0.258 e. The number of nitrogens with one attached hydrogen (secondary N) is 2. The second-order valence-electron chi connectivity index (χ2n) is 11.1. The quantitative estimate of drug-likeness (QED) is 0.333. The Morgan fingerprint density at radius 1 is 1.11 bits per heavy atom. The molecule has 4 aromatic rings. The predicted octanol–water partition coefficient (Wildman–Crippen LogP) is 3.44. The van der Waals surface area contributed by atoms with Crippen molar-refractivity contribution < 1.29 is 41.9 Å². The molecule has 12 nitrogen and oxygen atoms in total. The van der Waals surface area contributed by atoms with Gasteiger partial charge in [-0.2, -0.15) is 4.98 Å². The van der Waals surface area contributed by atoms with E-state index in [9.17, 15) is 23.2 Å². The maximum absolute atomic E-state index is 14.6. The van der Waals surface area contributed by atoms with Crippen LogP contribution in [0.15, 0.2) is 65.2 Å². The molecule has 3 aromatic carbocycles. The number of aryl methyl sites for hydroxylation is 1. The molecule has 3 heterocycles. The van der Waals surface area contributed by atoms with E-state index in [2.05, 4.69) is 20.8 Å². The normalized spacial score (nSPS) is 18.2. The largest absolute Gasteiger partial charge is 0.493 e. The number of amides is 3. The molecule has 1 fully saturated rings. The summed E-state index contributed by atoms with van der Waals surface area (Å²) in [7, 11) is 1.44. The molecule has 1 aromatic heterocycles. The molecule has 244 valence electrons. The lowest BCUT2D eigenvalue weighted by atomic mass is 10.0. The summed E-state index contributed by atoms with van der Waals surface area (Å²) >= 11 is 0. The van der Waals surface area contributed by atoms with Crippen LogP contribution < -0.4 is 24.8 Å². The minimum atomic E-state index is -0.674. The number of methoxy groups -OCH3 is 1. The second-order valence-corrected chi connectivity index (χ2v) is 11.1. The number of hydrogen-bond acceptors (Lipinski definition) is 9. The van der Waals surface area contributed by atoms with E-state index in [0.717, 1.165) is 0 Å². The van der Waals surface area contributed by atoms with Gasteiger partial charge in [0.25, 0.3) is 11.8 Å². The van der Waals surface area contributed by atoms with E-state index >= 15 is 0 Å². The Morgan fingerprint density at radius 2 is 1.96 bits per heavy atom. The first-order valence-electron chi connectivity index (χ1n) is 15.0. The van der Waals surface area contributed by atoms with Gasteiger partial charge in [-0.05, 0) is 48.0 Å². The molecular formula is C33H31F2N5O7. The van der Waals surface area contributed by atoms with Crippen LogP contribution in [-0.4, -0.2) is 71.7 Å². The zero-order chi connectivity index (χ0) is 32.9. The molecule has 4 bridgehead atoms. The van der Waals surface area contributed by atoms with E-state index in [1.165, 1.54) is 37.4 Å². The minimum absolute atomic E-state index is 0.0311. The number of fused-ring (bicyclic) bond motifs is 5. The molecule has 2 aliphatic heterocycles. The van der Waals surface area contributed by atoms with E-state index in [1.54, 1.807) is 35.2 Å². The monoisotopic (exact) mass is 647 g/mol. The number of carbonyl (C=O) groups excluding carboxylic acids is 3. The molecular weight excluding hydrogens is 616 g/mol. The first-order valence-corrected chi connectivity index (χ1v) is 15.0. The number of nitrogens with zero attached hydrogens (tertiary/aromatic N) is 3. The van der Waals surface area contributed by atoms with Crippen LogP contribution in [0.5, 0.6) is 17.2 Å². The van der Waals surface area contributed by atoms with Gasteiger partial charge in [0.2, 0.25) is 17.6 Å². The molecule has 0 aliphatic carbocycles. The Kier molecular flexibility index (Phi) is 9.27. The highest BCUT2D eigenvalue weighted by atomic mass is 19.1. The van der Waals surface area contributed by atoms with E-state index in [-0.39, 0.29) is 66.2 Å². The lowest BCUT2D eigenvalue weighted by Gasteiger charge is -2.39. The van der Waals surface area contributed by atoms with Crippen LogP contribution in [0, 0.1) is 11.6 Å². The minimum Gasteiger partial charge on any atom is -0.493 e. The maximum Gasteiger partial charge on any atom is 0.258 e. The Labute approximate surface area is 268 Å². The van der Waals surface area contributed by atoms with Gasteiger partial charge in [0.15, 0.2) is 18.1 Å². The van der Waals surface area contributed by atoms with Gasteiger partial charge in [-0.25, -0.2) is 8.78 Å². The zero-order valence-corrected chi connectivity index (χ0v) is 25.3. The average molecular weight is 648 g/mol. The fourth-order valence-electron chi connectivity index (χ4n) is 5.49. The van der Waals surface area contributed by atoms with Gasteiger partial charge in [-0.1, -0.05) is 17.3 Å². The first kappa shape index (κ1) is 31.5. The molecule has 6 rings (SSSR count). The molecule has 0 unspecified atom stereocenters. The zero-order valence-electron chi connectivity index (χ0n) is 25.3. The lowest BCUT2D eigenvalue weighted by Crippen LogP contribution is -2.58. The highest BCUT2D eigenvalue weighted by Crippen LogP contribution is 2.29. The van der Waals surface area contributed by atoms with Crippen molar-refractivity contribution in [2.45, 2.75) is 38.0 Å². The third kappa shape index (κ3) is 7.48. The Balaban J connectivity index is 1.18. The van der Waals surface area contributed by atoms with Gasteiger partial charge >= 0.3 is 0 Å². The molecule has 1 saturated heterocycles.